The van der Waals surface area contributed by atoms with Crippen molar-refractivity contribution in [3.05, 3.63) is 48.2 Å². The van der Waals surface area contributed by atoms with Crippen LogP contribution in [0.2, 0.25) is 0 Å². The average Bonchev–Trinajstić information content (AvgIpc) is 2.96. The second-order valence-electron chi connectivity index (χ2n) is 3.55. The number of aryl methyl sites for hydroxylation is 1. The summed E-state index contributed by atoms with van der Waals surface area (Å²) in [5.41, 5.74) is 1.08. The first kappa shape index (κ1) is 10.5. The number of carbonyl (C=O) groups is 1. The van der Waals surface area contributed by atoms with Crippen LogP contribution in [0.5, 0.6) is 0 Å². The summed E-state index contributed by atoms with van der Waals surface area (Å²) in [6, 6.07) is 7.54. The Morgan fingerprint density at radius 1 is 1.38 bits per heavy atom. The van der Waals surface area contributed by atoms with Gasteiger partial charge in [0.15, 0.2) is 0 Å². The number of H-pyrrole nitrogens is 1. The maximum Gasteiger partial charge on any atom is 0.220 e. The van der Waals surface area contributed by atoms with E-state index in [1.807, 2.05) is 24.4 Å². The summed E-state index contributed by atoms with van der Waals surface area (Å²) < 4.78 is 5.11. The molecular formula is C12H14N2O2. The Morgan fingerprint density at radius 2 is 2.31 bits per heavy atom. The van der Waals surface area contributed by atoms with E-state index in [-0.39, 0.29) is 5.91 Å². The molecule has 1 amide bonds. The van der Waals surface area contributed by atoms with Crippen molar-refractivity contribution < 1.29 is 9.21 Å². The van der Waals surface area contributed by atoms with Gasteiger partial charge in [-0.1, -0.05) is 0 Å². The number of rotatable bonds is 5. The Labute approximate surface area is 93.7 Å². The Kier molecular flexibility index (Phi) is 3.43. The van der Waals surface area contributed by atoms with Crippen molar-refractivity contribution >= 4 is 5.91 Å². The van der Waals surface area contributed by atoms with Crippen molar-refractivity contribution in [2.75, 3.05) is 0 Å². The zero-order valence-corrected chi connectivity index (χ0v) is 8.90. The zero-order valence-electron chi connectivity index (χ0n) is 8.90. The van der Waals surface area contributed by atoms with E-state index >= 15 is 0 Å². The molecule has 0 atom stereocenters. The van der Waals surface area contributed by atoms with Gasteiger partial charge in [0, 0.05) is 18.3 Å². The first-order valence-corrected chi connectivity index (χ1v) is 5.26. The first-order valence-electron chi connectivity index (χ1n) is 5.26. The zero-order chi connectivity index (χ0) is 11.2. The van der Waals surface area contributed by atoms with E-state index in [1.165, 1.54) is 0 Å². The summed E-state index contributed by atoms with van der Waals surface area (Å²) in [6.07, 6.45) is 4.68. The van der Waals surface area contributed by atoms with E-state index in [4.69, 9.17) is 4.42 Å². The molecule has 0 spiro atoms. The third-order valence-electron chi connectivity index (χ3n) is 2.32. The van der Waals surface area contributed by atoms with E-state index in [0.717, 1.165) is 17.9 Å². The number of aromatic amines is 1. The standard InChI is InChI=1S/C12H14N2O2/c15-12(6-5-10-3-1-7-13-10)14-9-11-4-2-8-16-11/h1-4,7-8,13H,5-6,9H2,(H,14,15). The van der Waals surface area contributed by atoms with Gasteiger partial charge in [0.1, 0.15) is 5.76 Å². The van der Waals surface area contributed by atoms with E-state index in [2.05, 4.69) is 10.3 Å². The van der Waals surface area contributed by atoms with Gasteiger partial charge in [-0.15, -0.1) is 0 Å². The minimum absolute atomic E-state index is 0.0333. The average molecular weight is 218 g/mol. The van der Waals surface area contributed by atoms with Gasteiger partial charge in [0.05, 0.1) is 12.8 Å². The SMILES string of the molecule is O=C(CCc1ccc[nH]1)NCc1ccco1. The van der Waals surface area contributed by atoms with Crippen LogP contribution in [0.4, 0.5) is 0 Å². The molecule has 0 saturated heterocycles. The minimum Gasteiger partial charge on any atom is -0.467 e. The van der Waals surface area contributed by atoms with Crippen molar-refractivity contribution in [2.45, 2.75) is 19.4 Å². The summed E-state index contributed by atoms with van der Waals surface area (Å²) >= 11 is 0. The second kappa shape index (κ2) is 5.21. The number of carbonyl (C=O) groups excluding carboxylic acids is 1. The smallest absolute Gasteiger partial charge is 0.220 e. The van der Waals surface area contributed by atoms with Gasteiger partial charge in [-0.05, 0) is 30.7 Å². The molecule has 84 valence electrons. The molecular weight excluding hydrogens is 204 g/mol. The quantitative estimate of drug-likeness (QED) is 0.804. The molecule has 2 N–H and O–H groups in total. The summed E-state index contributed by atoms with van der Waals surface area (Å²) in [5.74, 6) is 0.805. The number of hydrogen-bond acceptors (Lipinski definition) is 2. The van der Waals surface area contributed by atoms with Crippen LogP contribution in [-0.2, 0) is 17.8 Å². The molecule has 4 heteroatoms. The van der Waals surface area contributed by atoms with Gasteiger partial charge in [0.2, 0.25) is 5.91 Å². The van der Waals surface area contributed by atoms with Crippen LogP contribution in [0.15, 0.2) is 41.1 Å². The number of furan rings is 1. The summed E-state index contributed by atoms with van der Waals surface area (Å²) in [7, 11) is 0. The van der Waals surface area contributed by atoms with Crippen molar-refractivity contribution in [1.82, 2.24) is 10.3 Å². The molecule has 16 heavy (non-hydrogen) atoms. The summed E-state index contributed by atoms with van der Waals surface area (Å²) in [6.45, 7) is 0.455. The fourth-order valence-corrected chi connectivity index (χ4v) is 1.46. The Bertz CT molecular complexity index is 378. The highest BCUT2D eigenvalue weighted by atomic mass is 16.3. The second-order valence-corrected chi connectivity index (χ2v) is 3.55. The highest BCUT2D eigenvalue weighted by molar-refractivity contribution is 5.75. The molecule has 2 aromatic rings. The van der Waals surface area contributed by atoms with E-state index < -0.39 is 0 Å². The predicted octanol–water partition coefficient (Wildman–Crippen LogP) is 1.86. The van der Waals surface area contributed by atoms with Crippen LogP contribution >= 0.6 is 0 Å². The lowest BCUT2D eigenvalue weighted by Gasteiger charge is -2.02. The lowest BCUT2D eigenvalue weighted by atomic mass is 10.2. The molecule has 0 radical (unpaired) electrons. The number of amides is 1. The normalized spacial score (nSPS) is 10.2. The third-order valence-corrected chi connectivity index (χ3v) is 2.32. The first-order chi connectivity index (χ1) is 7.84. The molecule has 0 aromatic carbocycles. The Hall–Kier alpha value is -1.97. The summed E-state index contributed by atoms with van der Waals surface area (Å²) in [4.78, 5) is 14.5. The van der Waals surface area contributed by atoms with E-state index in [9.17, 15) is 4.79 Å². The summed E-state index contributed by atoms with van der Waals surface area (Å²) in [5, 5.41) is 2.80. The van der Waals surface area contributed by atoms with Crippen molar-refractivity contribution in [3.8, 4) is 0 Å². The minimum atomic E-state index is 0.0333. The van der Waals surface area contributed by atoms with Crippen LogP contribution in [0.1, 0.15) is 17.9 Å². The van der Waals surface area contributed by atoms with Crippen LogP contribution in [0.3, 0.4) is 0 Å². The lowest BCUT2D eigenvalue weighted by molar-refractivity contribution is -0.121. The van der Waals surface area contributed by atoms with Gasteiger partial charge < -0.3 is 14.7 Å². The van der Waals surface area contributed by atoms with E-state index in [1.54, 1.807) is 12.3 Å². The van der Waals surface area contributed by atoms with Gasteiger partial charge in [-0.3, -0.25) is 4.79 Å². The Balaban J connectivity index is 1.69. The maximum absolute atomic E-state index is 11.5. The fourth-order valence-electron chi connectivity index (χ4n) is 1.46. The van der Waals surface area contributed by atoms with E-state index in [0.29, 0.717) is 13.0 Å². The molecule has 0 aliphatic carbocycles. The molecule has 0 fully saturated rings. The van der Waals surface area contributed by atoms with Gasteiger partial charge in [0.25, 0.3) is 0 Å². The number of hydrogen-bond donors (Lipinski definition) is 2. The molecule has 0 aliphatic heterocycles. The van der Waals surface area contributed by atoms with Crippen LogP contribution in [-0.4, -0.2) is 10.9 Å². The molecule has 2 rings (SSSR count). The van der Waals surface area contributed by atoms with Crippen molar-refractivity contribution in [1.29, 1.82) is 0 Å². The predicted molar refractivity (Wildman–Crippen MR) is 59.7 cm³/mol. The van der Waals surface area contributed by atoms with Gasteiger partial charge in [-0.2, -0.15) is 0 Å². The third kappa shape index (κ3) is 3.02. The molecule has 4 nitrogen and oxygen atoms in total. The van der Waals surface area contributed by atoms with Crippen molar-refractivity contribution in [2.24, 2.45) is 0 Å². The highest BCUT2D eigenvalue weighted by Crippen LogP contribution is 2.01. The van der Waals surface area contributed by atoms with Crippen LogP contribution in [0, 0.1) is 0 Å². The van der Waals surface area contributed by atoms with Crippen molar-refractivity contribution in [3.63, 3.8) is 0 Å². The lowest BCUT2D eigenvalue weighted by Crippen LogP contribution is -2.22. The highest BCUT2D eigenvalue weighted by Gasteiger charge is 2.03. The molecule has 0 aliphatic rings. The molecule has 0 unspecified atom stereocenters. The fraction of sp³-hybridized carbons (Fsp3) is 0.250. The molecule has 0 saturated carbocycles. The Morgan fingerprint density at radius 3 is 3.00 bits per heavy atom. The van der Waals surface area contributed by atoms with Gasteiger partial charge >= 0.3 is 0 Å². The largest absolute Gasteiger partial charge is 0.467 e. The molecule has 0 bridgehead atoms. The number of aromatic nitrogens is 1. The molecule has 2 aromatic heterocycles. The van der Waals surface area contributed by atoms with Crippen LogP contribution in [0.25, 0.3) is 0 Å². The van der Waals surface area contributed by atoms with Crippen LogP contribution < -0.4 is 5.32 Å². The number of nitrogens with one attached hydrogen (secondary N) is 2. The maximum atomic E-state index is 11.5. The van der Waals surface area contributed by atoms with Gasteiger partial charge in [-0.25, -0.2) is 0 Å². The topological polar surface area (TPSA) is 58.0 Å². The monoisotopic (exact) mass is 218 g/mol. The molecule has 2 heterocycles.